The van der Waals surface area contributed by atoms with Gasteiger partial charge in [-0.05, 0) is 19.4 Å². The van der Waals surface area contributed by atoms with Crippen molar-refractivity contribution in [2.24, 2.45) is 5.73 Å². The van der Waals surface area contributed by atoms with E-state index < -0.39 is 17.7 Å². The summed E-state index contributed by atoms with van der Waals surface area (Å²) in [5, 5.41) is 2.74. The molecule has 5 heteroatoms. The number of benzene rings is 1. The van der Waals surface area contributed by atoms with Crippen molar-refractivity contribution in [2.75, 3.05) is 0 Å². The Morgan fingerprint density at radius 2 is 2.00 bits per heavy atom. The quantitative estimate of drug-likeness (QED) is 0.927. The van der Waals surface area contributed by atoms with Crippen LogP contribution >= 0.6 is 11.3 Å². The molecule has 1 aromatic carbocycles. The van der Waals surface area contributed by atoms with Crippen molar-refractivity contribution in [1.82, 2.24) is 4.98 Å². The first-order valence-electron chi connectivity index (χ1n) is 5.60. The van der Waals surface area contributed by atoms with Crippen LogP contribution in [0.1, 0.15) is 27.9 Å². The van der Waals surface area contributed by atoms with Gasteiger partial charge in [0, 0.05) is 29.1 Å². The minimum Gasteiger partial charge on any atom is -0.324 e. The lowest BCUT2D eigenvalue weighted by Gasteiger charge is -2.12. The molecule has 2 nitrogen and oxygen atoms in total. The van der Waals surface area contributed by atoms with E-state index in [1.165, 1.54) is 18.3 Å². The van der Waals surface area contributed by atoms with E-state index in [-0.39, 0.29) is 11.1 Å². The fourth-order valence-corrected chi connectivity index (χ4v) is 2.57. The lowest BCUT2D eigenvalue weighted by Crippen LogP contribution is -2.16. The number of aryl methyl sites for hydroxylation is 2. The average Bonchev–Trinajstić information content (AvgIpc) is 2.71. The second kappa shape index (κ2) is 5.12. The fraction of sp³-hybridized carbons (Fsp3) is 0.308. The predicted molar refractivity (Wildman–Crippen MR) is 68.6 cm³/mol. The van der Waals surface area contributed by atoms with Gasteiger partial charge in [0.05, 0.1) is 5.01 Å². The monoisotopic (exact) mass is 268 g/mol. The molecule has 2 aromatic rings. The number of halogens is 2. The van der Waals surface area contributed by atoms with Crippen LogP contribution in [0.2, 0.25) is 0 Å². The van der Waals surface area contributed by atoms with Crippen molar-refractivity contribution < 1.29 is 8.78 Å². The number of rotatable bonds is 3. The van der Waals surface area contributed by atoms with E-state index in [1.54, 1.807) is 12.1 Å². The van der Waals surface area contributed by atoms with Gasteiger partial charge in [0.15, 0.2) is 11.6 Å². The van der Waals surface area contributed by atoms with E-state index in [0.29, 0.717) is 6.42 Å². The lowest BCUT2D eigenvalue weighted by atomic mass is 10.0. The third-order valence-electron chi connectivity index (χ3n) is 2.77. The van der Waals surface area contributed by atoms with Gasteiger partial charge in [-0.25, -0.2) is 13.8 Å². The minimum absolute atomic E-state index is 0.200. The molecule has 1 unspecified atom stereocenters. The molecular formula is C13H14F2N2S. The SMILES string of the molecule is Cc1csc(CC(N)c2ccc(C)c(F)c2F)n1. The number of nitrogens with two attached hydrogens (primary N) is 1. The summed E-state index contributed by atoms with van der Waals surface area (Å²) in [6.07, 6.45) is 0.415. The van der Waals surface area contributed by atoms with Crippen LogP contribution < -0.4 is 5.73 Å². The Bertz CT molecular complexity index is 566. The molecular weight excluding hydrogens is 254 g/mol. The Labute approximate surface area is 108 Å². The Morgan fingerprint density at radius 1 is 1.28 bits per heavy atom. The number of hydrogen-bond donors (Lipinski definition) is 1. The standard InChI is InChI=1S/C13H14F2N2S/c1-7-3-4-9(13(15)12(7)14)10(16)5-11-17-8(2)6-18-11/h3-4,6,10H,5,16H2,1-2H3. The number of thiazole rings is 1. The molecule has 96 valence electrons. The van der Waals surface area contributed by atoms with Crippen LogP contribution in [0.25, 0.3) is 0 Å². The highest BCUT2D eigenvalue weighted by atomic mass is 32.1. The Morgan fingerprint density at radius 3 is 2.61 bits per heavy atom. The topological polar surface area (TPSA) is 38.9 Å². The summed E-state index contributed by atoms with van der Waals surface area (Å²) in [5.41, 5.74) is 7.32. The molecule has 18 heavy (non-hydrogen) atoms. The van der Waals surface area contributed by atoms with Gasteiger partial charge >= 0.3 is 0 Å². The third-order valence-corrected chi connectivity index (χ3v) is 3.75. The van der Waals surface area contributed by atoms with Crippen LogP contribution in [-0.4, -0.2) is 4.98 Å². The van der Waals surface area contributed by atoms with Crippen LogP contribution in [0.5, 0.6) is 0 Å². The van der Waals surface area contributed by atoms with Crippen LogP contribution in [0, 0.1) is 25.5 Å². The van der Waals surface area contributed by atoms with Crippen LogP contribution in [0.3, 0.4) is 0 Å². The van der Waals surface area contributed by atoms with Crippen molar-refractivity contribution in [1.29, 1.82) is 0 Å². The minimum atomic E-state index is -0.851. The molecule has 0 aliphatic rings. The zero-order valence-electron chi connectivity index (χ0n) is 10.2. The highest BCUT2D eigenvalue weighted by Crippen LogP contribution is 2.24. The van der Waals surface area contributed by atoms with Crippen molar-refractivity contribution in [2.45, 2.75) is 26.3 Å². The summed E-state index contributed by atoms with van der Waals surface area (Å²) in [6, 6.07) is 2.50. The molecule has 0 aliphatic heterocycles. The number of nitrogens with zero attached hydrogens (tertiary/aromatic N) is 1. The molecule has 0 fully saturated rings. The van der Waals surface area contributed by atoms with Gasteiger partial charge < -0.3 is 5.73 Å². The van der Waals surface area contributed by atoms with E-state index in [9.17, 15) is 8.78 Å². The van der Waals surface area contributed by atoms with E-state index in [4.69, 9.17) is 5.73 Å². The van der Waals surface area contributed by atoms with Gasteiger partial charge in [-0.15, -0.1) is 11.3 Å². The maximum absolute atomic E-state index is 13.7. The predicted octanol–water partition coefficient (Wildman–Crippen LogP) is 3.28. The summed E-state index contributed by atoms with van der Waals surface area (Å²) in [5.74, 6) is -1.67. The fourth-order valence-electron chi connectivity index (χ4n) is 1.74. The Hall–Kier alpha value is -1.33. The van der Waals surface area contributed by atoms with E-state index in [0.717, 1.165) is 10.7 Å². The van der Waals surface area contributed by atoms with Crippen molar-refractivity contribution >= 4 is 11.3 Å². The van der Waals surface area contributed by atoms with E-state index >= 15 is 0 Å². The molecule has 0 amide bonds. The summed E-state index contributed by atoms with van der Waals surface area (Å²) in [4.78, 5) is 4.27. The maximum Gasteiger partial charge on any atom is 0.163 e. The van der Waals surface area contributed by atoms with Gasteiger partial charge in [0.25, 0.3) is 0 Å². The Kier molecular flexibility index (Phi) is 3.73. The first-order valence-corrected chi connectivity index (χ1v) is 6.48. The van der Waals surface area contributed by atoms with Crippen molar-refractivity contribution in [3.05, 3.63) is 51.0 Å². The molecule has 2 N–H and O–H groups in total. The molecule has 0 saturated carbocycles. The molecule has 2 rings (SSSR count). The number of hydrogen-bond acceptors (Lipinski definition) is 3. The average molecular weight is 268 g/mol. The highest BCUT2D eigenvalue weighted by Gasteiger charge is 2.17. The largest absolute Gasteiger partial charge is 0.324 e. The van der Waals surface area contributed by atoms with E-state index in [1.807, 2.05) is 12.3 Å². The summed E-state index contributed by atoms with van der Waals surface area (Å²) in [6.45, 7) is 3.41. The molecule has 1 aromatic heterocycles. The second-order valence-corrected chi connectivity index (χ2v) is 5.24. The molecule has 1 heterocycles. The first kappa shape index (κ1) is 13.1. The zero-order chi connectivity index (χ0) is 13.3. The highest BCUT2D eigenvalue weighted by molar-refractivity contribution is 7.09. The van der Waals surface area contributed by atoms with Crippen molar-refractivity contribution in [3.8, 4) is 0 Å². The lowest BCUT2D eigenvalue weighted by molar-refractivity contribution is 0.483. The van der Waals surface area contributed by atoms with Crippen LogP contribution in [0.4, 0.5) is 8.78 Å². The smallest absolute Gasteiger partial charge is 0.163 e. The molecule has 0 bridgehead atoms. The third kappa shape index (κ3) is 2.57. The van der Waals surface area contributed by atoms with Crippen molar-refractivity contribution in [3.63, 3.8) is 0 Å². The summed E-state index contributed by atoms with van der Waals surface area (Å²) >= 11 is 1.48. The van der Waals surface area contributed by atoms with Gasteiger partial charge in [-0.2, -0.15) is 0 Å². The van der Waals surface area contributed by atoms with Gasteiger partial charge in [0.2, 0.25) is 0 Å². The van der Waals surface area contributed by atoms with Crippen LogP contribution in [-0.2, 0) is 6.42 Å². The normalized spacial score (nSPS) is 12.7. The van der Waals surface area contributed by atoms with E-state index in [2.05, 4.69) is 4.98 Å². The van der Waals surface area contributed by atoms with Gasteiger partial charge in [-0.3, -0.25) is 0 Å². The number of aromatic nitrogens is 1. The zero-order valence-corrected chi connectivity index (χ0v) is 11.0. The molecule has 0 radical (unpaired) electrons. The summed E-state index contributed by atoms with van der Waals surface area (Å²) < 4.78 is 27.2. The van der Waals surface area contributed by atoms with Crippen LogP contribution in [0.15, 0.2) is 17.5 Å². The molecule has 0 aliphatic carbocycles. The Balaban J connectivity index is 2.24. The van der Waals surface area contributed by atoms with Gasteiger partial charge in [0.1, 0.15) is 0 Å². The summed E-state index contributed by atoms with van der Waals surface area (Å²) in [7, 11) is 0. The first-order chi connectivity index (χ1) is 8.49. The molecule has 0 spiro atoms. The van der Waals surface area contributed by atoms with Gasteiger partial charge in [-0.1, -0.05) is 12.1 Å². The maximum atomic E-state index is 13.7. The molecule has 0 saturated heterocycles. The second-order valence-electron chi connectivity index (χ2n) is 4.29. The molecule has 1 atom stereocenters.